The van der Waals surface area contributed by atoms with E-state index in [1.165, 1.54) is 12.8 Å². The zero-order valence-corrected chi connectivity index (χ0v) is 16.3. The fraction of sp³-hybridized carbons (Fsp3) is 0.600. The lowest BCUT2D eigenvalue weighted by molar-refractivity contribution is -0.132. The molecule has 0 bridgehead atoms. The molecule has 3 rings (SSSR count). The van der Waals surface area contributed by atoms with Crippen LogP contribution >= 0.6 is 11.6 Å². The zero-order chi connectivity index (χ0) is 18.7. The summed E-state index contributed by atoms with van der Waals surface area (Å²) in [6.07, 6.45) is 3.06. The predicted octanol–water partition coefficient (Wildman–Crippen LogP) is 2.93. The van der Waals surface area contributed by atoms with E-state index in [1.807, 2.05) is 19.1 Å². The Hall–Kier alpha value is -1.59. The van der Waals surface area contributed by atoms with E-state index in [2.05, 4.69) is 17.1 Å². The largest absolute Gasteiger partial charge is 0.352 e. The second-order valence-corrected chi connectivity index (χ2v) is 8.16. The van der Waals surface area contributed by atoms with Gasteiger partial charge in [0.2, 0.25) is 11.8 Å². The molecule has 0 saturated carbocycles. The van der Waals surface area contributed by atoms with Crippen molar-refractivity contribution in [1.82, 2.24) is 10.2 Å². The van der Waals surface area contributed by atoms with Gasteiger partial charge in [-0.15, -0.1) is 0 Å². The van der Waals surface area contributed by atoms with Gasteiger partial charge < -0.3 is 15.1 Å². The highest BCUT2D eigenvalue weighted by Crippen LogP contribution is 2.26. The number of piperidine rings is 1. The number of hydrogen-bond donors (Lipinski definition) is 1. The number of carbonyl (C=O) groups is 2. The minimum Gasteiger partial charge on any atom is -0.352 e. The molecule has 3 unspecified atom stereocenters. The summed E-state index contributed by atoms with van der Waals surface area (Å²) in [6, 6.07) is 7.21. The zero-order valence-electron chi connectivity index (χ0n) is 15.6. The van der Waals surface area contributed by atoms with Gasteiger partial charge in [0.05, 0.1) is 0 Å². The molecule has 5 nitrogen and oxygen atoms in total. The lowest BCUT2D eigenvalue weighted by Crippen LogP contribution is -2.47. The SMILES string of the molecule is CC1CCCN(CC(C)NC(=O)C2CCN(c3ccc(Cl)cc3)C2=O)C1. The van der Waals surface area contributed by atoms with Gasteiger partial charge in [0.15, 0.2) is 0 Å². The van der Waals surface area contributed by atoms with Crippen LogP contribution in [0.3, 0.4) is 0 Å². The monoisotopic (exact) mass is 377 g/mol. The van der Waals surface area contributed by atoms with Crippen molar-refractivity contribution in [1.29, 1.82) is 0 Å². The first-order chi connectivity index (χ1) is 12.4. The highest BCUT2D eigenvalue weighted by Gasteiger charge is 2.38. The van der Waals surface area contributed by atoms with E-state index in [0.29, 0.717) is 18.0 Å². The van der Waals surface area contributed by atoms with Gasteiger partial charge in [-0.2, -0.15) is 0 Å². The maximum atomic E-state index is 12.7. The number of hydrogen-bond acceptors (Lipinski definition) is 3. The summed E-state index contributed by atoms with van der Waals surface area (Å²) in [7, 11) is 0. The minimum atomic E-state index is -0.589. The van der Waals surface area contributed by atoms with Crippen molar-refractivity contribution in [2.75, 3.05) is 31.1 Å². The van der Waals surface area contributed by atoms with Gasteiger partial charge in [0.25, 0.3) is 0 Å². The lowest BCUT2D eigenvalue weighted by Gasteiger charge is -2.33. The van der Waals surface area contributed by atoms with Crippen LogP contribution in [-0.2, 0) is 9.59 Å². The predicted molar refractivity (Wildman–Crippen MR) is 104 cm³/mol. The van der Waals surface area contributed by atoms with E-state index in [1.54, 1.807) is 17.0 Å². The average Bonchev–Trinajstić information content (AvgIpc) is 2.97. The average molecular weight is 378 g/mol. The van der Waals surface area contributed by atoms with E-state index >= 15 is 0 Å². The Labute approximate surface area is 160 Å². The molecule has 0 aliphatic carbocycles. The minimum absolute atomic E-state index is 0.0465. The van der Waals surface area contributed by atoms with Crippen LogP contribution in [0, 0.1) is 11.8 Å². The van der Waals surface area contributed by atoms with E-state index in [0.717, 1.165) is 31.2 Å². The van der Waals surface area contributed by atoms with E-state index < -0.39 is 5.92 Å². The van der Waals surface area contributed by atoms with Gasteiger partial charge in [0, 0.05) is 36.4 Å². The van der Waals surface area contributed by atoms with Crippen LogP contribution in [-0.4, -0.2) is 48.9 Å². The first-order valence-electron chi connectivity index (χ1n) is 9.53. The van der Waals surface area contributed by atoms with Crippen LogP contribution < -0.4 is 10.2 Å². The van der Waals surface area contributed by atoms with Crippen molar-refractivity contribution in [2.24, 2.45) is 11.8 Å². The number of benzene rings is 1. The summed E-state index contributed by atoms with van der Waals surface area (Å²) in [4.78, 5) is 29.4. The third-order valence-corrected chi connectivity index (χ3v) is 5.57. The van der Waals surface area contributed by atoms with Crippen LogP contribution in [0.1, 0.15) is 33.1 Å². The quantitative estimate of drug-likeness (QED) is 0.803. The molecule has 2 saturated heterocycles. The van der Waals surface area contributed by atoms with Crippen LogP contribution in [0.25, 0.3) is 0 Å². The lowest BCUT2D eigenvalue weighted by atomic mass is 10.00. The van der Waals surface area contributed by atoms with Crippen LogP contribution in [0.2, 0.25) is 5.02 Å². The second kappa shape index (κ2) is 8.40. The van der Waals surface area contributed by atoms with Crippen molar-refractivity contribution in [3.8, 4) is 0 Å². The van der Waals surface area contributed by atoms with Gasteiger partial charge in [-0.1, -0.05) is 18.5 Å². The van der Waals surface area contributed by atoms with Crippen molar-refractivity contribution < 1.29 is 9.59 Å². The Kier molecular flexibility index (Phi) is 6.20. The summed E-state index contributed by atoms with van der Waals surface area (Å²) < 4.78 is 0. The Balaban J connectivity index is 1.53. The summed E-state index contributed by atoms with van der Waals surface area (Å²) in [5, 5.41) is 3.68. The molecule has 1 N–H and O–H groups in total. The molecule has 6 heteroatoms. The highest BCUT2D eigenvalue weighted by molar-refractivity contribution is 6.30. The molecule has 0 aromatic heterocycles. The van der Waals surface area contributed by atoms with Crippen molar-refractivity contribution in [2.45, 2.75) is 39.2 Å². The molecule has 2 aliphatic rings. The third-order valence-electron chi connectivity index (χ3n) is 5.32. The van der Waals surface area contributed by atoms with Gasteiger partial charge >= 0.3 is 0 Å². The Morgan fingerprint density at radius 1 is 1.27 bits per heavy atom. The smallest absolute Gasteiger partial charge is 0.239 e. The molecule has 2 aliphatic heterocycles. The fourth-order valence-electron chi connectivity index (χ4n) is 4.03. The van der Waals surface area contributed by atoms with Crippen LogP contribution in [0.15, 0.2) is 24.3 Å². The van der Waals surface area contributed by atoms with Crippen LogP contribution in [0.5, 0.6) is 0 Å². The maximum Gasteiger partial charge on any atom is 0.239 e. The maximum absolute atomic E-state index is 12.7. The summed E-state index contributed by atoms with van der Waals surface area (Å²) in [5.74, 6) is -0.142. The standard InChI is InChI=1S/C20H28ClN3O2/c1-14-4-3-10-23(12-14)13-15(2)22-19(25)18-9-11-24(20(18)26)17-7-5-16(21)6-8-17/h5-8,14-15,18H,3-4,9-13H2,1-2H3,(H,22,25). The molecule has 2 fully saturated rings. The van der Waals surface area contributed by atoms with E-state index in [9.17, 15) is 9.59 Å². The van der Waals surface area contributed by atoms with Crippen LogP contribution in [0.4, 0.5) is 5.69 Å². The molecule has 142 valence electrons. The molecule has 1 aromatic rings. The number of nitrogens with zero attached hydrogens (tertiary/aromatic N) is 2. The molecule has 0 radical (unpaired) electrons. The molecular formula is C20H28ClN3O2. The van der Waals surface area contributed by atoms with Gasteiger partial charge in [-0.05, 0) is 62.9 Å². The van der Waals surface area contributed by atoms with Gasteiger partial charge in [0.1, 0.15) is 5.92 Å². The number of nitrogens with one attached hydrogen (secondary N) is 1. The number of halogens is 1. The molecule has 3 atom stereocenters. The third kappa shape index (κ3) is 4.57. The van der Waals surface area contributed by atoms with E-state index in [-0.39, 0.29) is 17.9 Å². The number of likely N-dealkylation sites (tertiary alicyclic amines) is 1. The van der Waals surface area contributed by atoms with Crippen molar-refractivity contribution in [3.05, 3.63) is 29.3 Å². The number of amides is 2. The van der Waals surface area contributed by atoms with Gasteiger partial charge in [-0.25, -0.2) is 0 Å². The topological polar surface area (TPSA) is 52.7 Å². The normalized spacial score (nSPS) is 25.3. The highest BCUT2D eigenvalue weighted by atomic mass is 35.5. The first-order valence-corrected chi connectivity index (χ1v) is 9.91. The molecule has 2 heterocycles. The molecule has 0 spiro atoms. The Morgan fingerprint density at radius 3 is 2.69 bits per heavy atom. The van der Waals surface area contributed by atoms with Gasteiger partial charge in [-0.3, -0.25) is 9.59 Å². The summed E-state index contributed by atoms with van der Waals surface area (Å²) in [5.41, 5.74) is 0.796. The molecule has 1 aromatic carbocycles. The fourth-order valence-corrected chi connectivity index (χ4v) is 4.16. The summed E-state index contributed by atoms with van der Waals surface area (Å²) >= 11 is 5.91. The second-order valence-electron chi connectivity index (χ2n) is 7.72. The number of rotatable bonds is 5. The van der Waals surface area contributed by atoms with Crippen molar-refractivity contribution in [3.63, 3.8) is 0 Å². The molecular weight excluding hydrogens is 350 g/mol. The van der Waals surface area contributed by atoms with E-state index in [4.69, 9.17) is 11.6 Å². The first kappa shape index (κ1) is 19.2. The number of carbonyl (C=O) groups excluding carboxylic acids is 2. The summed E-state index contributed by atoms with van der Waals surface area (Å²) in [6.45, 7) is 7.89. The Morgan fingerprint density at radius 2 is 2.00 bits per heavy atom. The molecule has 2 amide bonds. The number of anilines is 1. The van der Waals surface area contributed by atoms with Crippen molar-refractivity contribution >= 4 is 29.1 Å². The Bertz CT molecular complexity index is 649. The molecule has 26 heavy (non-hydrogen) atoms.